The van der Waals surface area contributed by atoms with Gasteiger partial charge in [-0.2, -0.15) is 0 Å². The predicted octanol–water partition coefficient (Wildman–Crippen LogP) is 14.1. The predicted molar refractivity (Wildman–Crippen MR) is 205 cm³/mol. The van der Waals surface area contributed by atoms with E-state index in [0.29, 0.717) is 6.61 Å². The quantitative estimate of drug-likeness (QED) is 0.0533. The lowest BCUT2D eigenvalue weighted by Gasteiger charge is -2.30. The summed E-state index contributed by atoms with van der Waals surface area (Å²) < 4.78 is 19.6. The molecule has 2 aliphatic rings. The molecule has 2 fully saturated rings. The van der Waals surface area contributed by atoms with Gasteiger partial charge in [0.25, 0.3) is 0 Å². The summed E-state index contributed by atoms with van der Waals surface area (Å²) in [5.74, 6) is -0.365. The molecule has 3 heteroatoms. The fraction of sp³-hybridized carbons (Fsp3) is 0.818. The minimum Gasteiger partial charge on any atom is -0.373 e. The van der Waals surface area contributed by atoms with Crippen LogP contribution < -0.4 is 0 Å². The average Bonchev–Trinajstić information content (AvgIpc) is 3.62. The van der Waals surface area contributed by atoms with Gasteiger partial charge in [-0.15, -0.1) is 0 Å². The molecule has 0 radical (unpaired) electrons. The highest BCUT2D eigenvalue weighted by Crippen LogP contribution is 2.42. The first-order chi connectivity index (χ1) is 23.2. The second kappa shape index (κ2) is 29.7. The standard InChI is InChI=1S/C44H78O3/c1-4-7-9-11-13-15-17-19-21-23-25-27-29-31-33-35-38-44(46-42-40-45-41(37-6-3)43(42)47-44)39-36-34-32-30-28-26-24-22-20-18-16-14-12-10-8-5-2/h13-16,19-22,41-43H,4-12,17-18,23-40H2,1-3H3/b15-13-,16-14-,21-19-,22-20-/t41-,42+,43-/m0/s1. The minimum absolute atomic E-state index is 0.140. The van der Waals surface area contributed by atoms with Gasteiger partial charge in [0.05, 0.1) is 12.7 Å². The fourth-order valence-electron chi connectivity index (χ4n) is 7.11. The zero-order chi connectivity index (χ0) is 33.5. The molecule has 0 spiro atoms. The lowest BCUT2D eigenvalue weighted by molar-refractivity contribution is -0.209. The van der Waals surface area contributed by atoms with E-state index < -0.39 is 0 Å². The Morgan fingerprint density at radius 2 is 0.894 bits per heavy atom. The summed E-state index contributed by atoms with van der Waals surface area (Å²) in [6.45, 7) is 7.49. The van der Waals surface area contributed by atoms with E-state index >= 15 is 0 Å². The molecule has 0 unspecified atom stereocenters. The van der Waals surface area contributed by atoms with Crippen LogP contribution >= 0.6 is 0 Å². The number of rotatable bonds is 32. The molecule has 0 N–H and O–H groups in total. The lowest BCUT2D eigenvalue weighted by atomic mass is 9.98. The number of allylic oxidation sites excluding steroid dienone is 8. The molecule has 3 atom stereocenters. The van der Waals surface area contributed by atoms with Crippen LogP contribution in [0.1, 0.15) is 201 Å². The topological polar surface area (TPSA) is 27.7 Å². The Morgan fingerprint density at radius 3 is 1.34 bits per heavy atom. The van der Waals surface area contributed by atoms with Crippen LogP contribution in [0.2, 0.25) is 0 Å². The van der Waals surface area contributed by atoms with Crippen molar-refractivity contribution in [3.8, 4) is 0 Å². The maximum atomic E-state index is 6.81. The number of ether oxygens (including phenoxy) is 3. The molecule has 0 aromatic heterocycles. The highest BCUT2D eigenvalue weighted by molar-refractivity contribution is 4.95. The Hall–Kier alpha value is -1.16. The third kappa shape index (κ3) is 20.8. The molecular weight excluding hydrogens is 576 g/mol. The van der Waals surface area contributed by atoms with Crippen molar-refractivity contribution in [2.45, 2.75) is 225 Å². The molecule has 2 saturated heterocycles. The number of hydrogen-bond acceptors (Lipinski definition) is 3. The van der Waals surface area contributed by atoms with E-state index in [-0.39, 0.29) is 24.1 Å². The van der Waals surface area contributed by atoms with Gasteiger partial charge in [0.1, 0.15) is 12.2 Å². The third-order valence-corrected chi connectivity index (χ3v) is 10.0. The van der Waals surface area contributed by atoms with Crippen molar-refractivity contribution in [3.63, 3.8) is 0 Å². The van der Waals surface area contributed by atoms with Gasteiger partial charge in [-0.3, -0.25) is 0 Å². The zero-order valence-corrected chi connectivity index (χ0v) is 31.6. The fourth-order valence-corrected chi connectivity index (χ4v) is 7.11. The second-order valence-electron chi connectivity index (χ2n) is 14.5. The average molecular weight is 655 g/mol. The van der Waals surface area contributed by atoms with Crippen molar-refractivity contribution < 1.29 is 14.2 Å². The van der Waals surface area contributed by atoms with Gasteiger partial charge >= 0.3 is 0 Å². The van der Waals surface area contributed by atoms with Crippen molar-refractivity contribution >= 4 is 0 Å². The van der Waals surface area contributed by atoms with E-state index in [1.807, 2.05) is 0 Å². The number of hydrogen-bond donors (Lipinski definition) is 0. The molecule has 0 saturated carbocycles. The monoisotopic (exact) mass is 655 g/mol. The molecule has 0 aromatic carbocycles. The van der Waals surface area contributed by atoms with E-state index in [4.69, 9.17) is 14.2 Å². The first-order valence-electron chi connectivity index (χ1n) is 20.8. The summed E-state index contributed by atoms with van der Waals surface area (Å²) in [6, 6.07) is 0. The minimum atomic E-state index is -0.365. The molecule has 0 amide bonds. The van der Waals surface area contributed by atoms with E-state index in [1.54, 1.807) is 0 Å². The van der Waals surface area contributed by atoms with Crippen LogP contribution in [0.3, 0.4) is 0 Å². The first kappa shape index (κ1) is 42.0. The summed E-state index contributed by atoms with van der Waals surface area (Å²) in [5, 5.41) is 0. The Balaban J connectivity index is 1.56. The van der Waals surface area contributed by atoms with Crippen LogP contribution in [-0.4, -0.2) is 30.7 Å². The summed E-state index contributed by atoms with van der Waals surface area (Å²) in [7, 11) is 0. The van der Waals surface area contributed by atoms with Crippen LogP contribution in [0.4, 0.5) is 0 Å². The Kier molecular flexibility index (Phi) is 26.6. The molecule has 0 bridgehead atoms. The third-order valence-electron chi connectivity index (χ3n) is 10.0. The molecule has 272 valence electrons. The smallest absolute Gasteiger partial charge is 0.169 e. The van der Waals surface area contributed by atoms with E-state index in [0.717, 1.165) is 38.5 Å². The maximum absolute atomic E-state index is 6.81. The van der Waals surface area contributed by atoms with Crippen molar-refractivity contribution in [2.24, 2.45) is 0 Å². The highest BCUT2D eigenvalue weighted by Gasteiger charge is 2.53. The van der Waals surface area contributed by atoms with Gasteiger partial charge in [-0.25, -0.2) is 0 Å². The Bertz CT molecular complexity index is 761. The van der Waals surface area contributed by atoms with Crippen LogP contribution in [-0.2, 0) is 14.2 Å². The van der Waals surface area contributed by atoms with Gasteiger partial charge in [0, 0.05) is 12.8 Å². The van der Waals surface area contributed by atoms with Crippen molar-refractivity contribution in [1.29, 1.82) is 0 Å². The summed E-state index contributed by atoms with van der Waals surface area (Å²) >= 11 is 0. The van der Waals surface area contributed by atoms with Gasteiger partial charge in [-0.05, 0) is 83.5 Å². The summed E-state index contributed by atoms with van der Waals surface area (Å²) in [4.78, 5) is 0. The molecule has 0 aliphatic carbocycles. The molecule has 2 heterocycles. The molecule has 2 aliphatic heterocycles. The molecule has 47 heavy (non-hydrogen) atoms. The molecular formula is C44H78O3. The zero-order valence-electron chi connectivity index (χ0n) is 31.6. The van der Waals surface area contributed by atoms with Crippen LogP contribution in [0.25, 0.3) is 0 Å². The number of unbranched alkanes of at least 4 members (excludes halogenated alkanes) is 18. The van der Waals surface area contributed by atoms with E-state index in [9.17, 15) is 0 Å². The van der Waals surface area contributed by atoms with Crippen molar-refractivity contribution in [1.82, 2.24) is 0 Å². The Labute approximate surface area is 293 Å². The summed E-state index contributed by atoms with van der Waals surface area (Å²) in [6.07, 6.45) is 54.5. The molecule has 0 aromatic rings. The van der Waals surface area contributed by atoms with Crippen molar-refractivity contribution in [2.75, 3.05) is 6.61 Å². The van der Waals surface area contributed by atoms with E-state index in [1.165, 1.54) is 141 Å². The second-order valence-corrected chi connectivity index (χ2v) is 14.5. The summed E-state index contributed by atoms with van der Waals surface area (Å²) in [5.41, 5.74) is 0. The highest BCUT2D eigenvalue weighted by atomic mass is 16.8. The number of fused-ring (bicyclic) bond motifs is 1. The lowest BCUT2D eigenvalue weighted by Crippen LogP contribution is -2.34. The van der Waals surface area contributed by atoms with Crippen LogP contribution in [0, 0.1) is 0 Å². The molecule has 2 rings (SSSR count). The van der Waals surface area contributed by atoms with Gasteiger partial charge < -0.3 is 14.2 Å². The SMILES string of the molecule is CCCCC/C=C\C/C=C\CCCCCCCCC1(CCCCCCCC/C=C\C/C=C\CCCCC)O[C@H]2[C@H](CCC)OC[C@H]2O1. The van der Waals surface area contributed by atoms with E-state index in [2.05, 4.69) is 69.4 Å². The molecule has 3 nitrogen and oxygen atoms in total. The van der Waals surface area contributed by atoms with Crippen LogP contribution in [0.15, 0.2) is 48.6 Å². The largest absolute Gasteiger partial charge is 0.373 e. The Morgan fingerprint density at radius 1 is 0.468 bits per heavy atom. The maximum Gasteiger partial charge on any atom is 0.169 e. The first-order valence-corrected chi connectivity index (χ1v) is 20.8. The van der Waals surface area contributed by atoms with Gasteiger partial charge in [0.15, 0.2) is 5.79 Å². The van der Waals surface area contributed by atoms with Gasteiger partial charge in [-0.1, -0.05) is 153 Å². The van der Waals surface area contributed by atoms with Gasteiger partial charge in [0.2, 0.25) is 0 Å². The van der Waals surface area contributed by atoms with Crippen molar-refractivity contribution in [3.05, 3.63) is 48.6 Å². The normalized spacial score (nSPS) is 21.0. The van der Waals surface area contributed by atoms with Crippen LogP contribution in [0.5, 0.6) is 0 Å².